The second kappa shape index (κ2) is 8.84. The minimum atomic E-state index is -0.178. The van der Waals surface area contributed by atoms with Gasteiger partial charge in [-0.3, -0.25) is 4.79 Å². The van der Waals surface area contributed by atoms with Crippen LogP contribution in [-0.4, -0.2) is 55.6 Å². The number of nitrogens with zero attached hydrogens (tertiary/aromatic N) is 4. The van der Waals surface area contributed by atoms with Crippen molar-refractivity contribution in [2.45, 2.75) is 19.8 Å². The normalized spacial score (nSPS) is 14.3. The maximum absolute atomic E-state index is 14.0. The number of rotatable bonds is 6. The summed E-state index contributed by atoms with van der Waals surface area (Å²) in [5.41, 5.74) is 2.13. The van der Waals surface area contributed by atoms with E-state index in [1.165, 1.54) is 6.07 Å². The Kier molecular flexibility index (Phi) is 6.27. The largest absolute Gasteiger partial charge is 0.367 e. The number of piperazine rings is 1. The molecule has 0 aliphatic carbocycles. The van der Waals surface area contributed by atoms with Crippen molar-refractivity contribution in [1.82, 2.24) is 9.88 Å². The van der Waals surface area contributed by atoms with Crippen molar-refractivity contribution in [1.29, 1.82) is 0 Å². The molecule has 1 amide bonds. The molecule has 1 aromatic heterocycles. The van der Waals surface area contributed by atoms with Crippen LogP contribution < -0.4 is 9.80 Å². The fourth-order valence-electron chi connectivity index (χ4n) is 3.31. The van der Waals surface area contributed by atoms with Crippen LogP contribution in [0.4, 0.5) is 15.8 Å². The maximum Gasteiger partial charge on any atom is 0.272 e. The van der Waals surface area contributed by atoms with E-state index >= 15 is 0 Å². The molecule has 5 nitrogen and oxygen atoms in total. The van der Waals surface area contributed by atoms with Crippen molar-refractivity contribution in [3.8, 4) is 0 Å². The van der Waals surface area contributed by atoms with Crippen LogP contribution in [0.3, 0.4) is 0 Å². The van der Waals surface area contributed by atoms with E-state index in [0.29, 0.717) is 11.4 Å². The Balaban J connectivity index is 1.59. The molecular weight excluding hydrogens is 343 g/mol. The van der Waals surface area contributed by atoms with Crippen LogP contribution in [0.25, 0.3) is 0 Å². The van der Waals surface area contributed by atoms with E-state index in [0.717, 1.165) is 51.3 Å². The molecule has 2 heterocycles. The van der Waals surface area contributed by atoms with E-state index in [9.17, 15) is 9.18 Å². The van der Waals surface area contributed by atoms with Crippen LogP contribution in [0.5, 0.6) is 0 Å². The van der Waals surface area contributed by atoms with Gasteiger partial charge < -0.3 is 14.7 Å². The summed E-state index contributed by atoms with van der Waals surface area (Å²) in [5, 5.41) is 0. The average Bonchev–Trinajstić information content (AvgIpc) is 2.72. The van der Waals surface area contributed by atoms with E-state index in [-0.39, 0.29) is 11.7 Å². The summed E-state index contributed by atoms with van der Waals surface area (Å²) in [6.07, 6.45) is 3.81. The summed E-state index contributed by atoms with van der Waals surface area (Å²) in [4.78, 5) is 22.8. The number of anilines is 2. The van der Waals surface area contributed by atoms with Gasteiger partial charge in [0, 0.05) is 39.8 Å². The van der Waals surface area contributed by atoms with E-state index in [4.69, 9.17) is 0 Å². The van der Waals surface area contributed by atoms with Gasteiger partial charge in [0.15, 0.2) is 0 Å². The highest BCUT2D eigenvalue weighted by molar-refractivity contribution is 5.92. The second-order valence-corrected chi connectivity index (χ2v) is 6.91. The number of carbonyl (C=O) groups is 1. The third-order valence-corrected chi connectivity index (χ3v) is 5.00. The van der Waals surface area contributed by atoms with Gasteiger partial charge in [-0.2, -0.15) is 0 Å². The zero-order valence-corrected chi connectivity index (χ0v) is 16.1. The van der Waals surface area contributed by atoms with Gasteiger partial charge in [-0.25, -0.2) is 9.37 Å². The second-order valence-electron chi connectivity index (χ2n) is 6.91. The SMILES string of the molecule is CCCCN(C)C(=O)c1ccc(N2CCN(c3ccccc3F)CC2)cn1. The minimum Gasteiger partial charge on any atom is -0.367 e. The Morgan fingerprint density at radius 2 is 1.81 bits per heavy atom. The van der Waals surface area contributed by atoms with Gasteiger partial charge >= 0.3 is 0 Å². The van der Waals surface area contributed by atoms with E-state index in [1.54, 1.807) is 23.2 Å². The smallest absolute Gasteiger partial charge is 0.272 e. The van der Waals surface area contributed by atoms with Gasteiger partial charge in [0.05, 0.1) is 17.6 Å². The number of carbonyl (C=O) groups excluding carboxylic acids is 1. The number of benzene rings is 1. The van der Waals surface area contributed by atoms with E-state index in [1.807, 2.05) is 25.2 Å². The highest BCUT2D eigenvalue weighted by Gasteiger charge is 2.20. The van der Waals surface area contributed by atoms with E-state index < -0.39 is 0 Å². The average molecular weight is 370 g/mol. The van der Waals surface area contributed by atoms with Gasteiger partial charge in [-0.15, -0.1) is 0 Å². The summed E-state index contributed by atoms with van der Waals surface area (Å²) < 4.78 is 14.0. The monoisotopic (exact) mass is 370 g/mol. The maximum atomic E-state index is 14.0. The predicted molar refractivity (Wildman–Crippen MR) is 107 cm³/mol. The number of hydrogen-bond acceptors (Lipinski definition) is 4. The van der Waals surface area contributed by atoms with Crippen molar-refractivity contribution in [3.05, 3.63) is 54.1 Å². The lowest BCUT2D eigenvalue weighted by atomic mass is 10.2. The number of halogens is 1. The summed E-state index contributed by atoms with van der Waals surface area (Å²) >= 11 is 0. The highest BCUT2D eigenvalue weighted by atomic mass is 19.1. The van der Waals surface area contributed by atoms with Crippen molar-refractivity contribution in [3.63, 3.8) is 0 Å². The minimum absolute atomic E-state index is 0.0422. The Hall–Kier alpha value is -2.63. The molecule has 1 aromatic carbocycles. The molecule has 0 N–H and O–H groups in total. The van der Waals surface area contributed by atoms with Gasteiger partial charge in [0.1, 0.15) is 11.5 Å². The van der Waals surface area contributed by atoms with Crippen molar-refractivity contribution >= 4 is 17.3 Å². The summed E-state index contributed by atoms with van der Waals surface area (Å²) in [6.45, 7) is 5.94. The summed E-state index contributed by atoms with van der Waals surface area (Å²) in [7, 11) is 1.81. The molecule has 0 radical (unpaired) electrons. The molecule has 3 rings (SSSR count). The third kappa shape index (κ3) is 4.56. The van der Waals surface area contributed by atoms with Crippen LogP contribution in [0.1, 0.15) is 30.3 Å². The number of amides is 1. The molecule has 1 fully saturated rings. The van der Waals surface area contributed by atoms with Crippen molar-refractivity contribution < 1.29 is 9.18 Å². The van der Waals surface area contributed by atoms with E-state index in [2.05, 4.69) is 21.7 Å². The van der Waals surface area contributed by atoms with Crippen molar-refractivity contribution in [2.24, 2.45) is 0 Å². The molecule has 1 aliphatic rings. The predicted octanol–water partition coefficient (Wildman–Crippen LogP) is 3.42. The quantitative estimate of drug-likeness (QED) is 0.781. The molecule has 144 valence electrons. The molecule has 1 aliphatic heterocycles. The number of pyridine rings is 1. The zero-order chi connectivity index (χ0) is 19.2. The molecule has 0 spiro atoms. The van der Waals surface area contributed by atoms with Gasteiger partial charge in [-0.1, -0.05) is 25.5 Å². The zero-order valence-electron chi connectivity index (χ0n) is 16.1. The number of hydrogen-bond donors (Lipinski definition) is 0. The van der Waals surface area contributed by atoms with Crippen LogP contribution in [0.15, 0.2) is 42.6 Å². The number of unbranched alkanes of at least 4 members (excludes halogenated alkanes) is 1. The molecule has 1 saturated heterocycles. The Morgan fingerprint density at radius 3 is 2.44 bits per heavy atom. The molecular formula is C21H27FN4O. The Bertz CT molecular complexity index is 757. The Labute approximate surface area is 160 Å². The molecule has 0 saturated carbocycles. The first-order valence-corrected chi connectivity index (χ1v) is 9.56. The van der Waals surface area contributed by atoms with Crippen LogP contribution in [-0.2, 0) is 0 Å². The fraction of sp³-hybridized carbons (Fsp3) is 0.429. The first-order valence-electron chi connectivity index (χ1n) is 9.56. The molecule has 27 heavy (non-hydrogen) atoms. The third-order valence-electron chi connectivity index (χ3n) is 5.00. The number of para-hydroxylation sites is 1. The van der Waals surface area contributed by atoms with Crippen LogP contribution in [0.2, 0.25) is 0 Å². The van der Waals surface area contributed by atoms with Gasteiger partial charge in [-0.05, 0) is 30.7 Å². The molecule has 6 heteroatoms. The lowest BCUT2D eigenvalue weighted by Crippen LogP contribution is -2.46. The van der Waals surface area contributed by atoms with Crippen molar-refractivity contribution in [2.75, 3.05) is 49.6 Å². The highest BCUT2D eigenvalue weighted by Crippen LogP contribution is 2.22. The lowest BCUT2D eigenvalue weighted by molar-refractivity contribution is 0.0787. The molecule has 0 unspecified atom stereocenters. The fourth-order valence-corrected chi connectivity index (χ4v) is 3.31. The molecule has 0 bridgehead atoms. The standard InChI is InChI=1S/C21H27FN4O/c1-3-4-11-24(2)21(27)19-10-9-17(16-23-19)25-12-14-26(15-13-25)20-8-6-5-7-18(20)22/h5-10,16H,3-4,11-15H2,1-2H3. The first kappa shape index (κ1) is 19.1. The topological polar surface area (TPSA) is 39.7 Å². The molecule has 2 aromatic rings. The van der Waals surface area contributed by atoms with Gasteiger partial charge in [0.2, 0.25) is 0 Å². The summed E-state index contributed by atoms with van der Waals surface area (Å²) in [6, 6.07) is 10.6. The molecule has 0 atom stereocenters. The van der Waals surface area contributed by atoms with Crippen LogP contribution >= 0.6 is 0 Å². The Morgan fingerprint density at radius 1 is 1.11 bits per heavy atom. The first-order chi connectivity index (χ1) is 13.1. The number of aromatic nitrogens is 1. The van der Waals surface area contributed by atoms with Crippen LogP contribution in [0, 0.1) is 5.82 Å². The van der Waals surface area contributed by atoms with Gasteiger partial charge in [0.25, 0.3) is 5.91 Å². The summed E-state index contributed by atoms with van der Waals surface area (Å²) in [5.74, 6) is -0.220. The lowest BCUT2D eigenvalue weighted by Gasteiger charge is -2.37.